The molecule has 2 aliphatic rings. The summed E-state index contributed by atoms with van der Waals surface area (Å²) in [5, 5.41) is 21.6. The van der Waals surface area contributed by atoms with Gasteiger partial charge in [-0.15, -0.1) is 11.3 Å². The molecular formula is C28H27FN4O4S2. The number of rotatable bonds is 9. The molecule has 0 amide bonds. The molecule has 0 atom stereocenters. The molecule has 39 heavy (non-hydrogen) atoms. The molecule has 0 spiro atoms. The second-order valence-electron chi connectivity index (χ2n) is 10.4. The van der Waals surface area contributed by atoms with Gasteiger partial charge in [-0.05, 0) is 73.3 Å². The van der Waals surface area contributed by atoms with E-state index in [1.165, 1.54) is 40.8 Å². The van der Waals surface area contributed by atoms with Crippen molar-refractivity contribution in [3.63, 3.8) is 0 Å². The van der Waals surface area contributed by atoms with E-state index in [2.05, 4.69) is 17.1 Å². The predicted octanol–water partition coefficient (Wildman–Crippen LogP) is 5.29. The first-order valence-electron chi connectivity index (χ1n) is 12.9. The number of hydrogen-bond acceptors (Lipinski definition) is 6. The Morgan fingerprint density at radius 3 is 2.56 bits per heavy atom. The molecule has 0 radical (unpaired) electrons. The van der Waals surface area contributed by atoms with Crippen molar-refractivity contribution in [2.45, 2.75) is 55.8 Å². The van der Waals surface area contributed by atoms with Crippen LogP contribution >= 0.6 is 11.3 Å². The van der Waals surface area contributed by atoms with Crippen LogP contribution in [0.4, 0.5) is 4.39 Å². The number of carboxylic acid groups (broad SMARTS) is 1. The summed E-state index contributed by atoms with van der Waals surface area (Å²) in [5.74, 6) is -0.995. The number of aromatic carboxylic acids is 1. The first-order valence-corrected chi connectivity index (χ1v) is 15.3. The Labute approximate surface area is 229 Å². The van der Waals surface area contributed by atoms with Crippen LogP contribution in [0, 0.1) is 11.7 Å². The Kier molecular flexibility index (Phi) is 6.60. The van der Waals surface area contributed by atoms with E-state index in [1.807, 2.05) is 12.1 Å². The molecule has 2 heterocycles. The van der Waals surface area contributed by atoms with E-state index < -0.39 is 26.7 Å². The van der Waals surface area contributed by atoms with Crippen molar-refractivity contribution in [3.05, 3.63) is 81.7 Å². The van der Waals surface area contributed by atoms with Crippen LogP contribution in [0.2, 0.25) is 0 Å². The molecule has 2 aromatic heterocycles. The molecule has 6 rings (SSSR count). The smallest absolute Gasteiger partial charge is 0.355 e. The molecule has 2 aromatic carbocycles. The number of nitrogens with two attached hydrogens (primary N) is 1. The number of halogens is 1. The number of benzene rings is 2. The summed E-state index contributed by atoms with van der Waals surface area (Å²) in [6.45, 7) is 0. The minimum atomic E-state index is -4.18. The van der Waals surface area contributed by atoms with Crippen LogP contribution in [-0.4, -0.2) is 34.3 Å². The van der Waals surface area contributed by atoms with Crippen molar-refractivity contribution in [1.82, 2.24) is 14.8 Å². The van der Waals surface area contributed by atoms with Gasteiger partial charge in [0.25, 0.3) is 0 Å². The average Bonchev–Trinajstić information content (AvgIpc) is 3.40. The molecule has 0 bridgehead atoms. The van der Waals surface area contributed by atoms with Crippen LogP contribution in [0.3, 0.4) is 0 Å². The van der Waals surface area contributed by atoms with Gasteiger partial charge in [0, 0.05) is 22.9 Å². The average molecular weight is 567 g/mol. The second kappa shape index (κ2) is 9.96. The molecule has 8 nitrogen and oxygen atoms in total. The molecule has 0 aliphatic heterocycles. The number of primary sulfonamides is 1. The highest BCUT2D eigenvalue weighted by Gasteiger charge is 2.30. The van der Waals surface area contributed by atoms with Gasteiger partial charge in [-0.25, -0.2) is 32.4 Å². The summed E-state index contributed by atoms with van der Waals surface area (Å²) >= 11 is 1.21. The number of hydrogen-bond donors (Lipinski definition) is 2. The number of thiazole rings is 1. The highest BCUT2D eigenvalue weighted by molar-refractivity contribution is 7.89. The zero-order valence-electron chi connectivity index (χ0n) is 21.0. The molecule has 4 aromatic rings. The fraction of sp³-hybridized carbons (Fsp3) is 0.321. The third-order valence-corrected chi connectivity index (χ3v) is 9.34. The van der Waals surface area contributed by atoms with Crippen LogP contribution in [0.5, 0.6) is 0 Å². The van der Waals surface area contributed by atoms with E-state index in [0.29, 0.717) is 29.0 Å². The van der Waals surface area contributed by atoms with E-state index in [0.717, 1.165) is 54.6 Å². The van der Waals surface area contributed by atoms with Crippen LogP contribution in [0.25, 0.3) is 16.4 Å². The Hall–Kier alpha value is -3.41. The van der Waals surface area contributed by atoms with Gasteiger partial charge in [0.1, 0.15) is 10.7 Å². The van der Waals surface area contributed by atoms with Gasteiger partial charge in [0.2, 0.25) is 15.2 Å². The topological polar surface area (TPSA) is 128 Å². The molecule has 2 aliphatic carbocycles. The van der Waals surface area contributed by atoms with Crippen LogP contribution in [0.15, 0.2) is 52.7 Å². The van der Waals surface area contributed by atoms with Crippen molar-refractivity contribution >= 4 is 27.3 Å². The van der Waals surface area contributed by atoms with Crippen LogP contribution < -0.4 is 5.14 Å². The maximum Gasteiger partial charge on any atom is 0.355 e. The lowest BCUT2D eigenvalue weighted by molar-refractivity contribution is 0.0691. The summed E-state index contributed by atoms with van der Waals surface area (Å²) < 4.78 is 40.0. The largest absolute Gasteiger partial charge is 0.476 e. The van der Waals surface area contributed by atoms with Crippen molar-refractivity contribution in [1.29, 1.82) is 0 Å². The fourth-order valence-electron chi connectivity index (χ4n) is 5.10. The number of carbonyl (C=O) groups is 1. The quantitative estimate of drug-likeness (QED) is 0.283. The number of carboxylic acids is 1. The Bertz CT molecular complexity index is 1690. The van der Waals surface area contributed by atoms with E-state index in [-0.39, 0.29) is 5.69 Å². The zero-order valence-corrected chi connectivity index (χ0v) is 22.6. The van der Waals surface area contributed by atoms with Gasteiger partial charge in [-0.1, -0.05) is 30.7 Å². The summed E-state index contributed by atoms with van der Waals surface area (Å²) in [6.07, 6.45) is 6.75. The summed E-state index contributed by atoms with van der Waals surface area (Å²) in [7, 11) is -4.18. The lowest BCUT2D eigenvalue weighted by atomic mass is 9.79. The Morgan fingerprint density at radius 1 is 1.15 bits per heavy atom. The zero-order chi connectivity index (χ0) is 27.3. The first-order chi connectivity index (χ1) is 18.7. The van der Waals surface area contributed by atoms with Gasteiger partial charge in [-0.3, -0.25) is 0 Å². The third kappa shape index (κ3) is 5.26. The fourth-order valence-corrected chi connectivity index (χ4v) is 6.46. The predicted molar refractivity (Wildman–Crippen MR) is 145 cm³/mol. The minimum absolute atomic E-state index is 0.0430. The van der Waals surface area contributed by atoms with Gasteiger partial charge in [-0.2, -0.15) is 5.10 Å². The monoisotopic (exact) mass is 566 g/mol. The van der Waals surface area contributed by atoms with Gasteiger partial charge >= 0.3 is 5.97 Å². The first kappa shape index (κ1) is 25.8. The van der Waals surface area contributed by atoms with Crippen molar-refractivity contribution < 1.29 is 22.7 Å². The highest BCUT2D eigenvalue weighted by atomic mass is 32.2. The molecule has 0 unspecified atom stereocenters. The Morgan fingerprint density at radius 2 is 1.95 bits per heavy atom. The summed E-state index contributed by atoms with van der Waals surface area (Å²) in [5.41, 5.74) is 5.26. The lowest BCUT2D eigenvalue weighted by Gasteiger charge is -2.26. The maximum atomic E-state index is 14.8. The highest BCUT2D eigenvalue weighted by Crippen LogP contribution is 2.40. The van der Waals surface area contributed by atoms with Crippen LogP contribution in [-0.2, 0) is 22.9 Å². The third-order valence-electron chi connectivity index (χ3n) is 7.58. The number of nitrogens with zero attached hydrogens (tertiary/aromatic N) is 3. The van der Waals surface area contributed by atoms with Gasteiger partial charge in [0.15, 0.2) is 5.69 Å². The van der Waals surface area contributed by atoms with E-state index in [9.17, 15) is 22.7 Å². The molecule has 2 fully saturated rings. The van der Waals surface area contributed by atoms with E-state index in [1.54, 1.807) is 10.7 Å². The summed E-state index contributed by atoms with van der Waals surface area (Å²) in [4.78, 5) is 15.3. The molecule has 0 saturated heterocycles. The van der Waals surface area contributed by atoms with Crippen molar-refractivity contribution in [2.75, 3.05) is 0 Å². The summed E-state index contributed by atoms with van der Waals surface area (Å²) in [6, 6.07) is 12.3. The van der Waals surface area contributed by atoms with Crippen molar-refractivity contribution in [3.8, 4) is 16.4 Å². The molecule has 202 valence electrons. The SMILES string of the molecule is NS(=O)(=O)c1ccc(Cc2c(-c3cccc(C4CCC4)c3)nn(-c3nc(C(=O)O)cs3)c2CC2CC2)cc1F. The number of sulfonamides is 1. The normalized spacial score (nSPS) is 15.8. The minimum Gasteiger partial charge on any atom is -0.476 e. The molecular weight excluding hydrogens is 539 g/mol. The van der Waals surface area contributed by atoms with Crippen molar-refractivity contribution in [2.24, 2.45) is 11.1 Å². The number of aromatic nitrogens is 3. The van der Waals surface area contributed by atoms with Gasteiger partial charge in [0.05, 0.1) is 11.4 Å². The molecule has 11 heteroatoms. The lowest BCUT2D eigenvalue weighted by Crippen LogP contribution is -2.14. The standard InChI is InChI=1S/C28H27FN4O4S2/c29-22-12-17(9-10-25(22)39(30,36)37)11-21-24(13-16-7-8-16)33(28-31-23(15-38-28)27(34)35)32-26(21)20-6-2-5-19(14-20)18-3-1-4-18/h2,5-6,9-10,12,14-16,18H,1,3-4,7-8,11,13H2,(H,34,35)(H2,30,36,37). The van der Waals surface area contributed by atoms with Gasteiger partial charge < -0.3 is 5.11 Å². The van der Waals surface area contributed by atoms with E-state index in [4.69, 9.17) is 10.2 Å². The Balaban J connectivity index is 1.50. The second-order valence-corrected chi connectivity index (χ2v) is 12.8. The molecule has 2 saturated carbocycles. The maximum absolute atomic E-state index is 14.8. The van der Waals surface area contributed by atoms with Crippen LogP contribution in [0.1, 0.15) is 70.9 Å². The van der Waals surface area contributed by atoms with E-state index >= 15 is 0 Å². The molecule has 3 N–H and O–H groups in total.